The van der Waals surface area contributed by atoms with Crippen molar-refractivity contribution in [3.63, 3.8) is 0 Å². The molecule has 6 heteroatoms. The number of nitrogens with zero attached hydrogens (tertiary/aromatic N) is 3. The normalized spacial score (nSPS) is 15.9. The zero-order valence-electron chi connectivity index (χ0n) is 15.7. The topological polar surface area (TPSA) is 43.9 Å². The van der Waals surface area contributed by atoms with Crippen molar-refractivity contribution in [1.82, 2.24) is 4.31 Å². The third kappa shape index (κ3) is 3.86. The second kappa shape index (κ2) is 7.68. The monoisotopic (exact) mass is 373 g/mol. The third-order valence-electron chi connectivity index (χ3n) is 4.94. The molecule has 0 bridgehead atoms. The molecular weight excluding hydrogens is 346 g/mol. The van der Waals surface area contributed by atoms with Gasteiger partial charge in [-0.2, -0.15) is 4.31 Å². The van der Waals surface area contributed by atoms with Crippen LogP contribution in [-0.2, 0) is 16.4 Å². The maximum atomic E-state index is 12.9. The van der Waals surface area contributed by atoms with Crippen LogP contribution >= 0.6 is 0 Å². The van der Waals surface area contributed by atoms with E-state index in [-0.39, 0.29) is 0 Å². The lowest BCUT2D eigenvalue weighted by Gasteiger charge is -2.35. The Bertz CT molecular complexity index is 822. The Balaban J connectivity index is 1.67. The molecule has 1 heterocycles. The molecule has 0 unspecified atom stereocenters. The summed E-state index contributed by atoms with van der Waals surface area (Å²) in [5, 5.41) is 0. The Morgan fingerprint density at radius 1 is 0.885 bits per heavy atom. The molecule has 0 saturated carbocycles. The van der Waals surface area contributed by atoms with E-state index in [2.05, 4.69) is 41.0 Å². The summed E-state index contributed by atoms with van der Waals surface area (Å²) in [6, 6.07) is 15.6. The zero-order valence-corrected chi connectivity index (χ0v) is 16.5. The Morgan fingerprint density at radius 3 is 1.96 bits per heavy atom. The molecule has 0 atom stereocenters. The summed E-state index contributed by atoms with van der Waals surface area (Å²) in [5.41, 5.74) is 3.44. The number of aryl methyl sites for hydroxylation is 1. The molecule has 0 aromatic heterocycles. The highest BCUT2D eigenvalue weighted by Crippen LogP contribution is 2.23. The highest BCUT2D eigenvalue weighted by molar-refractivity contribution is 7.89. The number of rotatable bonds is 5. The van der Waals surface area contributed by atoms with Crippen LogP contribution in [-0.4, -0.2) is 53.0 Å². The first kappa shape index (κ1) is 18.7. The zero-order chi connectivity index (χ0) is 18.7. The number of hydrogen-bond acceptors (Lipinski definition) is 4. The van der Waals surface area contributed by atoms with Crippen LogP contribution in [0.5, 0.6) is 0 Å². The van der Waals surface area contributed by atoms with Gasteiger partial charge in [-0.05, 0) is 48.4 Å². The number of benzene rings is 2. The van der Waals surface area contributed by atoms with E-state index < -0.39 is 10.0 Å². The molecular formula is C20H27N3O2S. The fourth-order valence-electron chi connectivity index (χ4n) is 3.19. The third-order valence-corrected chi connectivity index (χ3v) is 6.85. The Labute approximate surface area is 156 Å². The van der Waals surface area contributed by atoms with Crippen LogP contribution in [0.2, 0.25) is 0 Å². The molecule has 2 aromatic carbocycles. The molecule has 0 radical (unpaired) electrons. The molecule has 0 N–H and O–H groups in total. The minimum atomic E-state index is -3.41. The number of sulfonamides is 1. The van der Waals surface area contributed by atoms with E-state index in [0.29, 0.717) is 31.1 Å². The van der Waals surface area contributed by atoms with Crippen LogP contribution in [0.15, 0.2) is 53.4 Å². The van der Waals surface area contributed by atoms with Crippen LogP contribution < -0.4 is 9.80 Å². The van der Waals surface area contributed by atoms with Gasteiger partial charge in [-0.3, -0.25) is 0 Å². The van der Waals surface area contributed by atoms with Crippen LogP contribution in [0.25, 0.3) is 0 Å². The Hall–Kier alpha value is -2.05. The molecule has 0 spiro atoms. The highest BCUT2D eigenvalue weighted by atomic mass is 32.2. The van der Waals surface area contributed by atoms with Gasteiger partial charge in [0.1, 0.15) is 0 Å². The average Bonchev–Trinajstić information content (AvgIpc) is 2.68. The van der Waals surface area contributed by atoms with E-state index in [4.69, 9.17) is 0 Å². The van der Waals surface area contributed by atoms with Crippen LogP contribution in [0, 0.1) is 0 Å². The number of piperazine rings is 1. The van der Waals surface area contributed by atoms with E-state index in [9.17, 15) is 8.42 Å². The Kier molecular flexibility index (Phi) is 5.53. The maximum absolute atomic E-state index is 12.9. The van der Waals surface area contributed by atoms with Gasteiger partial charge >= 0.3 is 0 Å². The SMILES string of the molecule is CCc1ccc(S(=O)(=O)N2CCN(c3ccc(N(C)C)cc3)CC2)cc1. The van der Waals surface area contributed by atoms with Crippen molar-refractivity contribution in [2.24, 2.45) is 0 Å². The largest absolute Gasteiger partial charge is 0.378 e. The molecule has 1 aliphatic heterocycles. The van der Waals surface area contributed by atoms with E-state index in [1.54, 1.807) is 16.4 Å². The van der Waals surface area contributed by atoms with Crippen molar-refractivity contribution in [1.29, 1.82) is 0 Å². The smallest absolute Gasteiger partial charge is 0.243 e. The van der Waals surface area contributed by atoms with Gasteiger partial charge in [0.25, 0.3) is 0 Å². The van der Waals surface area contributed by atoms with Crippen molar-refractivity contribution < 1.29 is 8.42 Å². The first-order valence-corrected chi connectivity index (χ1v) is 10.5. The van der Waals surface area contributed by atoms with Gasteiger partial charge in [0.15, 0.2) is 0 Å². The standard InChI is InChI=1S/C20H27N3O2S/c1-4-17-5-11-20(12-6-17)26(24,25)23-15-13-22(14-16-23)19-9-7-18(8-10-19)21(2)3/h5-12H,4,13-16H2,1-3H3. The molecule has 0 amide bonds. The van der Waals surface area contributed by atoms with E-state index in [0.717, 1.165) is 23.4 Å². The lowest BCUT2D eigenvalue weighted by molar-refractivity contribution is 0.385. The van der Waals surface area contributed by atoms with E-state index >= 15 is 0 Å². The molecule has 1 fully saturated rings. The van der Waals surface area contributed by atoms with E-state index in [1.165, 1.54) is 0 Å². The van der Waals surface area contributed by atoms with Crippen molar-refractivity contribution in [3.8, 4) is 0 Å². The molecule has 2 aromatic rings. The summed E-state index contributed by atoms with van der Waals surface area (Å²) >= 11 is 0. The van der Waals surface area contributed by atoms with Gasteiger partial charge < -0.3 is 9.80 Å². The molecule has 5 nitrogen and oxygen atoms in total. The van der Waals surface area contributed by atoms with Gasteiger partial charge in [-0.1, -0.05) is 19.1 Å². The van der Waals surface area contributed by atoms with Crippen LogP contribution in [0.1, 0.15) is 12.5 Å². The molecule has 0 aliphatic carbocycles. The van der Waals surface area contributed by atoms with Crippen molar-refractivity contribution in [2.75, 3.05) is 50.1 Å². The minimum absolute atomic E-state index is 0.387. The first-order chi connectivity index (χ1) is 12.4. The fraction of sp³-hybridized carbons (Fsp3) is 0.400. The van der Waals surface area contributed by atoms with Gasteiger partial charge in [-0.15, -0.1) is 0 Å². The van der Waals surface area contributed by atoms with Crippen LogP contribution in [0.3, 0.4) is 0 Å². The summed E-state index contributed by atoms with van der Waals surface area (Å²) in [5.74, 6) is 0. The molecule has 26 heavy (non-hydrogen) atoms. The number of anilines is 2. The molecule has 140 valence electrons. The summed E-state index contributed by atoms with van der Waals surface area (Å²) in [6.45, 7) is 4.48. The molecule has 1 saturated heterocycles. The van der Waals surface area contributed by atoms with Crippen molar-refractivity contribution >= 4 is 21.4 Å². The van der Waals surface area contributed by atoms with Gasteiger partial charge in [0.05, 0.1) is 4.90 Å². The molecule has 3 rings (SSSR count). The fourth-order valence-corrected chi connectivity index (χ4v) is 4.62. The first-order valence-electron chi connectivity index (χ1n) is 9.03. The highest BCUT2D eigenvalue weighted by Gasteiger charge is 2.28. The summed E-state index contributed by atoms with van der Waals surface area (Å²) < 4.78 is 27.3. The average molecular weight is 374 g/mol. The lowest BCUT2D eigenvalue weighted by Crippen LogP contribution is -2.48. The van der Waals surface area contributed by atoms with Crippen LogP contribution in [0.4, 0.5) is 11.4 Å². The van der Waals surface area contributed by atoms with Gasteiger partial charge in [0, 0.05) is 51.6 Å². The maximum Gasteiger partial charge on any atom is 0.243 e. The lowest BCUT2D eigenvalue weighted by atomic mass is 10.2. The second-order valence-electron chi connectivity index (χ2n) is 6.80. The van der Waals surface area contributed by atoms with Gasteiger partial charge in [0.2, 0.25) is 10.0 Å². The Morgan fingerprint density at radius 2 is 1.46 bits per heavy atom. The van der Waals surface area contributed by atoms with Crippen molar-refractivity contribution in [2.45, 2.75) is 18.2 Å². The second-order valence-corrected chi connectivity index (χ2v) is 8.74. The van der Waals surface area contributed by atoms with Crippen molar-refractivity contribution in [3.05, 3.63) is 54.1 Å². The van der Waals surface area contributed by atoms with E-state index in [1.807, 2.05) is 26.2 Å². The predicted molar refractivity (Wildman–Crippen MR) is 108 cm³/mol. The quantitative estimate of drug-likeness (QED) is 0.808. The minimum Gasteiger partial charge on any atom is -0.378 e. The predicted octanol–water partition coefficient (Wildman–Crippen LogP) is 2.83. The number of hydrogen-bond donors (Lipinski definition) is 0. The summed E-state index contributed by atoms with van der Waals surface area (Å²) in [6.07, 6.45) is 0.908. The summed E-state index contributed by atoms with van der Waals surface area (Å²) in [7, 11) is 0.628. The summed E-state index contributed by atoms with van der Waals surface area (Å²) in [4.78, 5) is 4.70. The van der Waals surface area contributed by atoms with Gasteiger partial charge in [-0.25, -0.2) is 8.42 Å². The molecule has 1 aliphatic rings.